The van der Waals surface area contributed by atoms with Gasteiger partial charge in [-0.05, 0) is 43.2 Å². The molecule has 0 aliphatic carbocycles. The van der Waals surface area contributed by atoms with E-state index in [-0.39, 0.29) is 12.1 Å². The molecule has 1 N–H and O–H groups in total. The highest BCUT2D eigenvalue weighted by Gasteiger charge is 2.28. The molecule has 1 aromatic carbocycles. The van der Waals surface area contributed by atoms with Gasteiger partial charge in [-0.15, -0.1) is 0 Å². The summed E-state index contributed by atoms with van der Waals surface area (Å²) >= 11 is 12.1. The molecule has 2 heterocycles. The number of carbonyl (C=O) groups excluding carboxylic acids is 1. The number of carbonyl (C=O) groups is 1. The van der Waals surface area contributed by atoms with Crippen LogP contribution in [0.3, 0.4) is 0 Å². The van der Waals surface area contributed by atoms with Crippen molar-refractivity contribution in [3.63, 3.8) is 0 Å². The Labute approximate surface area is 163 Å². The second-order valence-corrected chi connectivity index (χ2v) is 7.25. The highest BCUT2D eigenvalue weighted by Crippen LogP contribution is 2.24. The van der Waals surface area contributed by atoms with Crippen LogP contribution in [0.2, 0.25) is 10.0 Å². The molecule has 0 bridgehead atoms. The SMILES string of the molecule is C[C@@H]1CN(c2ncccc2Cl)CCN1C(=O)NCCc1ccc(Cl)cc1. The van der Waals surface area contributed by atoms with E-state index in [2.05, 4.69) is 15.2 Å². The second-order valence-electron chi connectivity index (χ2n) is 6.41. The van der Waals surface area contributed by atoms with Crippen LogP contribution >= 0.6 is 23.2 Å². The number of hydrogen-bond acceptors (Lipinski definition) is 3. The average molecular weight is 393 g/mol. The summed E-state index contributed by atoms with van der Waals surface area (Å²) in [5.41, 5.74) is 1.15. The molecular formula is C19H22Cl2N4O. The molecule has 2 aromatic rings. The van der Waals surface area contributed by atoms with E-state index in [0.717, 1.165) is 22.8 Å². The maximum Gasteiger partial charge on any atom is 0.317 e. The van der Waals surface area contributed by atoms with Gasteiger partial charge in [-0.25, -0.2) is 9.78 Å². The molecule has 5 nitrogen and oxygen atoms in total. The average Bonchev–Trinajstić information content (AvgIpc) is 2.63. The summed E-state index contributed by atoms with van der Waals surface area (Å²) in [6.45, 7) is 4.70. The Morgan fingerprint density at radius 1 is 1.23 bits per heavy atom. The first kappa shape index (κ1) is 18.8. The number of amides is 2. The molecule has 0 spiro atoms. The van der Waals surface area contributed by atoms with Gasteiger partial charge >= 0.3 is 6.03 Å². The Morgan fingerprint density at radius 3 is 2.69 bits per heavy atom. The van der Waals surface area contributed by atoms with Gasteiger partial charge in [0.1, 0.15) is 5.82 Å². The van der Waals surface area contributed by atoms with Crippen LogP contribution in [0.4, 0.5) is 10.6 Å². The maximum absolute atomic E-state index is 12.5. The number of urea groups is 1. The minimum absolute atomic E-state index is 0.0294. The molecule has 1 aliphatic heterocycles. The molecule has 1 aromatic heterocycles. The van der Waals surface area contributed by atoms with Crippen molar-refractivity contribution < 1.29 is 4.79 Å². The van der Waals surface area contributed by atoms with Gasteiger partial charge in [0.05, 0.1) is 5.02 Å². The number of anilines is 1. The predicted octanol–water partition coefficient (Wildman–Crippen LogP) is 3.85. The molecule has 7 heteroatoms. The van der Waals surface area contributed by atoms with Crippen LogP contribution in [0, 0.1) is 0 Å². The summed E-state index contributed by atoms with van der Waals surface area (Å²) in [5, 5.41) is 4.36. The van der Waals surface area contributed by atoms with Gasteiger partial charge < -0.3 is 15.1 Å². The first-order valence-electron chi connectivity index (χ1n) is 8.69. The predicted molar refractivity (Wildman–Crippen MR) is 106 cm³/mol. The fraction of sp³-hybridized carbons (Fsp3) is 0.368. The van der Waals surface area contributed by atoms with Crippen LogP contribution in [-0.4, -0.2) is 48.1 Å². The molecule has 1 atom stereocenters. The lowest BCUT2D eigenvalue weighted by atomic mass is 10.1. The van der Waals surface area contributed by atoms with Crippen molar-refractivity contribution in [3.05, 3.63) is 58.2 Å². The van der Waals surface area contributed by atoms with Crippen molar-refractivity contribution in [1.29, 1.82) is 0 Å². The molecule has 1 aliphatic rings. The van der Waals surface area contributed by atoms with Crippen LogP contribution in [0.25, 0.3) is 0 Å². The van der Waals surface area contributed by atoms with Crippen molar-refractivity contribution >= 4 is 35.1 Å². The van der Waals surface area contributed by atoms with E-state index in [4.69, 9.17) is 23.2 Å². The van der Waals surface area contributed by atoms with E-state index >= 15 is 0 Å². The molecule has 0 unspecified atom stereocenters. The number of rotatable bonds is 4. The van der Waals surface area contributed by atoms with Crippen molar-refractivity contribution in [3.8, 4) is 0 Å². The summed E-state index contributed by atoms with van der Waals surface area (Å²) < 4.78 is 0. The van der Waals surface area contributed by atoms with Crippen LogP contribution < -0.4 is 10.2 Å². The number of halogens is 2. The zero-order valence-electron chi connectivity index (χ0n) is 14.7. The fourth-order valence-corrected chi connectivity index (χ4v) is 3.50. The zero-order chi connectivity index (χ0) is 18.5. The molecule has 0 saturated carbocycles. The Kier molecular flexibility index (Phi) is 6.22. The van der Waals surface area contributed by atoms with Crippen molar-refractivity contribution in [2.24, 2.45) is 0 Å². The number of nitrogens with one attached hydrogen (secondary N) is 1. The lowest BCUT2D eigenvalue weighted by Crippen LogP contribution is -2.57. The number of aromatic nitrogens is 1. The Morgan fingerprint density at radius 2 is 2.00 bits per heavy atom. The third-order valence-corrected chi connectivity index (χ3v) is 5.08. The molecule has 2 amide bonds. The van der Waals surface area contributed by atoms with Gasteiger partial charge in [0.2, 0.25) is 0 Å². The number of nitrogens with zero attached hydrogens (tertiary/aromatic N) is 3. The summed E-state index contributed by atoms with van der Waals surface area (Å²) in [4.78, 5) is 20.9. The minimum atomic E-state index is -0.0294. The van der Waals surface area contributed by atoms with Gasteiger partial charge in [-0.1, -0.05) is 35.3 Å². The molecule has 26 heavy (non-hydrogen) atoms. The van der Waals surface area contributed by atoms with Gasteiger partial charge in [0.15, 0.2) is 0 Å². The first-order valence-corrected chi connectivity index (χ1v) is 9.44. The van der Waals surface area contributed by atoms with Crippen LogP contribution in [0.15, 0.2) is 42.6 Å². The molecule has 1 fully saturated rings. The number of benzene rings is 1. The van der Waals surface area contributed by atoms with Crippen LogP contribution in [-0.2, 0) is 6.42 Å². The maximum atomic E-state index is 12.5. The Balaban J connectivity index is 1.50. The normalized spacial score (nSPS) is 17.3. The summed E-state index contributed by atoms with van der Waals surface area (Å²) in [6.07, 6.45) is 2.52. The van der Waals surface area contributed by atoms with Gasteiger partial charge in [0, 0.05) is 43.4 Å². The highest BCUT2D eigenvalue weighted by molar-refractivity contribution is 6.32. The van der Waals surface area contributed by atoms with E-state index in [1.807, 2.05) is 48.2 Å². The molecular weight excluding hydrogens is 371 g/mol. The monoisotopic (exact) mass is 392 g/mol. The second kappa shape index (κ2) is 8.60. The largest absolute Gasteiger partial charge is 0.352 e. The van der Waals surface area contributed by atoms with Crippen molar-refractivity contribution in [2.45, 2.75) is 19.4 Å². The Hall–Kier alpha value is -1.98. The molecule has 1 saturated heterocycles. The standard InChI is InChI=1S/C19H22Cl2N4O/c1-14-13-24(18-17(21)3-2-9-22-18)11-12-25(14)19(26)23-10-8-15-4-6-16(20)7-5-15/h2-7,9,14H,8,10-13H2,1H3,(H,23,26)/t14-/m1/s1. The molecule has 138 valence electrons. The van der Waals surface area contributed by atoms with Crippen LogP contribution in [0.1, 0.15) is 12.5 Å². The zero-order valence-corrected chi connectivity index (χ0v) is 16.2. The quantitative estimate of drug-likeness (QED) is 0.859. The lowest BCUT2D eigenvalue weighted by molar-refractivity contribution is 0.171. The van der Waals surface area contributed by atoms with Gasteiger partial charge in [0.25, 0.3) is 0 Å². The first-order chi connectivity index (χ1) is 12.5. The fourth-order valence-electron chi connectivity index (χ4n) is 3.13. The number of hydrogen-bond donors (Lipinski definition) is 1. The minimum Gasteiger partial charge on any atom is -0.352 e. The highest BCUT2D eigenvalue weighted by atomic mass is 35.5. The summed E-state index contributed by atoms with van der Waals surface area (Å²) in [5.74, 6) is 0.781. The van der Waals surface area contributed by atoms with E-state index in [0.29, 0.717) is 31.2 Å². The number of piperazine rings is 1. The third kappa shape index (κ3) is 4.59. The van der Waals surface area contributed by atoms with Crippen molar-refractivity contribution in [2.75, 3.05) is 31.1 Å². The van der Waals surface area contributed by atoms with Crippen LogP contribution in [0.5, 0.6) is 0 Å². The smallest absolute Gasteiger partial charge is 0.317 e. The number of pyridine rings is 1. The van der Waals surface area contributed by atoms with Gasteiger partial charge in [-0.2, -0.15) is 0 Å². The van der Waals surface area contributed by atoms with E-state index in [9.17, 15) is 4.79 Å². The van der Waals surface area contributed by atoms with Gasteiger partial charge in [-0.3, -0.25) is 0 Å². The van der Waals surface area contributed by atoms with Crippen molar-refractivity contribution in [1.82, 2.24) is 15.2 Å². The van der Waals surface area contributed by atoms with E-state index in [1.54, 1.807) is 6.20 Å². The van der Waals surface area contributed by atoms with E-state index < -0.39 is 0 Å². The Bertz CT molecular complexity index is 753. The molecule has 0 radical (unpaired) electrons. The third-order valence-electron chi connectivity index (χ3n) is 4.53. The van der Waals surface area contributed by atoms with E-state index in [1.165, 1.54) is 0 Å². The lowest BCUT2D eigenvalue weighted by Gasteiger charge is -2.40. The summed E-state index contributed by atoms with van der Waals surface area (Å²) in [6, 6.07) is 11.4. The topological polar surface area (TPSA) is 48.5 Å². The summed E-state index contributed by atoms with van der Waals surface area (Å²) in [7, 11) is 0. The molecule has 3 rings (SSSR count).